The second-order valence-electron chi connectivity index (χ2n) is 3.66. The summed E-state index contributed by atoms with van der Waals surface area (Å²) < 4.78 is 4.15. The van der Waals surface area contributed by atoms with Gasteiger partial charge in [0.25, 0.3) is 0 Å². The highest BCUT2D eigenvalue weighted by atomic mass is 16.5. The SMILES string of the molecule is CN(C)C(=O)/C=C/CCCC(=O)O.CNC(=O)OC. The zero-order valence-electron chi connectivity index (χ0n) is 11.8. The van der Waals surface area contributed by atoms with E-state index in [1.807, 2.05) is 0 Å². The van der Waals surface area contributed by atoms with Crippen LogP contribution >= 0.6 is 0 Å². The molecule has 0 fully saturated rings. The number of hydrogen-bond donors (Lipinski definition) is 2. The molecule has 0 saturated heterocycles. The van der Waals surface area contributed by atoms with Crippen molar-refractivity contribution in [3.8, 4) is 0 Å². The first kappa shape index (κ1) is 19.3. The quantitative estimate of drug-likeness (QED) is 0.572. The average Bonchev–Trinajstić information content (AvgIpc) is 2.37. The molecule has 0 aromatic rings. The summed E-state index contributed by atoms with van der Waals surface area (Å²) in [4.78, 5) is 32.4. The van der Waals surface area contributed by atoms with Crippen LogP contribution in [-0.4, -0.2) is 56.2 Å². The van der Waals surface area contributed by atoms with Gasteiger partial charge in [0.15, 0.2) is 0 Å². The molecular formula is C12H22N2O5. The highest BCUT2D eigenvalue weighted by Crippen LogP contribution is 1.96. The van der Waals surface area contributed by atoms with Gasteiger partial charge in [0.2, 0.25) is 5.91 Å². The summed E-state index contributed by atoms with van der Waals surface area (Å²) in [6.45, 7) is 0. The van der Waals surface area contributed by atoms with Gasteiger partial charge in [-0.2, -0.15) is 0 Å². The Balaban J connectivity index is 0. The number of ether oxygens (including phenoxy) is 1. The van der Waals surface area contributed by atoms with E-state index >= 15 is 0 Å². The van der Waals surface area contributed by atoms with Crippen LogP contribution in [0.1, 0.15) is 19.3 Å². The third-order valence-corrected chi connectivity index (χ3v) is 1.85. The molecule has 0 rings (SSSR count). The summed E-state index contributed by atoms with van der Waals surface area (Å²) in [5, 5.41) is 10.6. The van der Waals surface area contributed by atoms with Crippen molar-refractivity contribution in [3.05, 3.63) is 12.2 Å². The van der Waals surface area contributed by atoms with E-state index in [4.69, 9.17) is 5.11 Å². The standard InChI is InChI=1S/C9H15NO3.C3H7NO2/c1-10(2)8(11)6-4-3-5-7-9(12)13;1-4-3(5)6-2/h4,6H,3,5,7H2,1-2H3,(H,12,13);1-2H3,(H,4,5)/b6-4+;. The zero-order chi connectivity index (χ0) is 15.3. The number of carbonyl (C=O) groups is 3. The van der Waals surface area contributed by atoms with Crippen molar-refractivity contribution >= 4 is 18.0 Å². The number of methoxy groups -OCH3 is 1. The van der Waals surface area contributed by atoms with E-state index in [0.29, 0.717) is 12.8 Å². The lowest BCUT2D eigenvalue weighted by Crippen LogP contribution is -2.18. The molecule has 0 heterocycles. The number of likely N-dealkylation sites (N-methyl/N-ethyl adjacent to an activating group) is 1. The Bertz CT molecular complexity index is 307. The summed E-state index contributed by atoms with van der Waals surface area (Å²) in [5.74, 6) is -0.873. The number of unbranched alkanes of at least 4 members (excludes halogenated alkanes) is 1. The maximum atomic E-state index is 11.0. The minimum atomic E-state index is -0.799. The van der Waals surface area contributed by atoms with Crippen LogP contribution in [0.15, 0.2) is 12.2 Å². The Morgan fingerprint density at radius 2 is 1.89 bits per heavy atom. The van der Waals surface area contributed by atoms with Crippen LogP contribution in [0.2, 0.25) is 0 Å². The van der Waals surface area contributed by atoms with Gasteiger partial charge in [-0.1, -0.05) is 6.08 Å². The third-order valence-electron chi connectivity index (χ3n) is 1.85. The van der Waals surface area contributed by atoms with E-state index in [0.717, 1.165) is 0 Å². The molecule has 7 nitrogen and oxygen atoms in total. The summed E-state index contributed by atoms with van der Waals surface area (Å²) in [6.07, 6.45) is 4.11. The summed E-state index contributed by atoms with van der Waals surface area (Å²) in [7, 11) is 6.17. The maximum absolute atomic E-state index is 11.0. The Morgan fingerprint density at radius 1 is 1.32 bits per heavy atom. The molecule has 0 aliphatic rings. The number of alkyl carbamates (subject to hydrolysis) is 1. The third kappa shape index (κ3) is 15.9. The van der Waals surface area contributed by atoms with Crippen molar-refractivity contribution < 1.29 is 24.2 Å². The smallest absolute Gasteiger partial charge is 0.406 e. The van der Waals surface area contributed by atoms with Crippen LogP contribution in [0.3, 0.4) is 0 Å². The van der Waals surface area contributed by atoms with E-state index in [2.05, 4.69) is 10.1 Å². The first-order valence-corrected chi connectivity index (χ1v) is 5.70. The second-order valence-corrected chi connectivity index (χ2v) is 3.66. The van der Waals surface area contributed by atoms with Gasteiger partial charge in [-0.25, -0.2) is 4.79 Å². The molecule has 0 aromatic carbocycles. The van der Waals surface area contributed by atoms with Crippen LogP contribution in [-0.2, 0) is 14.3 Å². The lowest BCUT2D eigenvalue weighted by Gasteiger charge is -2.04. The molecule has 0 aliphatic carbocycles. The van der Waals surface area contributed by atoms with Crippen molar-refractivity contribution in [2.45, 2.75) is 19.3 Å². The molecule has 0 bridgehead atoms. The molecule has 0 aliphatic heterocycles. The van der Waals surface area contributed by atoms with Gasteiger partial charge in [0.05, 0.1) is 7.11 Å². The van der Waals surface area contributed by atoms with Gasteiger partial charge in [-0.15, -0.1) is 0 Å². The van der Waals surface area contributed by atoms with E-state index in [1.165, 1.54) is 25.1 Å². The van der Waals surface area contributed by atoms with Crippen molar-refractivity contribution in [2.75, 3.05) is 28.3 Å². The topological polar surface area (TPSA) is 95.9 Å². The number of amides is 2. The van der Waals surface area contributed by atoms with Crippen molar-refractivity contribution in [2.24, 2.45) is 0 Å². The second kappa shape index (κ2) is 12.4. The van der Waals surface area contributed by atoms with Gasteiger partial charge in [-0.05, 0) is 18.9 Å². The van der Waals surface area contributed by atoms with E-state index < -0.39 is 12.1 Å². The highest BCUT2D eigenvalue weighted by molar-refractivity contribution is 5.87. The fourth-order valence-electron chi connectivity index (χ4n) is 0.806. The van der Waals surface area contributed by atoms with E-state index in [1.54, 1.807) is 20.2 Å². The molecule has 0 aromatic heterocycles. The number of carbonyl (C=O) groups excluding carboxylic acids is 2. The fourth-order valence-corrected chi connectivity index (χ4v) is 0.806. The number of carboxylic acids is 1. The number of aliphatic carboxylic acids is 1. The molecule has 0 unspecified atom stereocenters. The van der Waals surface area contributed by atoms with Gasteiger partial charge in [-0.3, -0.25) is 9.59 Å². The molecule has 7 heteroatoms. The molecule has 0 saturated carbocycles. The van der Waals surface area contributed by atoms with Crippen molar-refractivity contribution in [1.29, 1.82) is 0 Å². The Kier molecular flexibility index (Phi) is 12.6. The monoisotopic (exact) mass is 274 g/mol. The van der Waals surface area contributed by atoms with Crippen LogP contribution in [0.25, 0.3) is 0 Å². The molecule has 2 N–H and O–H groups in total. The molecule has 0 spiro atoms. The number of allylic oxidation sites excluding steroid dienone is 1. The van der Waals surface area contributed by atoms with E-state index in [9.17, 15) is 14.4 Å². The molecule has 0 atom stereocenters. The first-order valence-electron chi connectivity index (χ1n) is 5.70. The minimum Gasteiger partial charge on any atom is -0.481 e. The Labute approximate surface area is 113 Å². The highest BCUT2D eigenvalue weighted by Gasteiger charge is 1.97. The number of nitrogens with zero attached hydrogens (tertiary/aromatic N) is 1. The van der Waals surface area contributed by atoms with Gasteiger partial charge < -0.3 is 20.1 Å². The Morgan fingerprint density at radius 3 is 2.21 bits per heavy atom. The largest absolute Gasteiger partial charge is 0.481 e. The predicted molar refractivity (Wildman–Crippen MR) is 70.8 cm³/mol. The van der Waals surface area contributed by atoms with Crippen LogP contribution < -0.4 is 5.32 Å². The number of nitrogens with one attached hydrogen (secondary N) is 1. The predicted octanol–water partition coefficient (Wildman–Crippen LogP) is 0.858. The molecular weight excluding hydrogens is 252 g/mol. The molecule has 0 radical (unpaired) electrons. The van der Waals surface area contributed by atoms with Crippen LogP contribution in [0.4, 0.5) is 4.79 Å². The lowest BCUT2D eigenvalue weighted by molar-refractivity contribution is -0.137. The maximum Gasteiger partial charge on any atom is 0.406 e. The summed E-state index contributed by atoms with van der Waals surface area (Å²) in [5.41, 5.74) is 0. The van der Waals surface area contributed by atoms with Gasteiger partial charge in [0.1, 0.15) is 0 Å². The van der Waals surface area contributed by atoms with Crippen LogP contribution in [0.5, 0.6) is 0 Å². The number of rotatable bonds is 5. The van der Waals surface area contributed by atoms with Gasteiger partial charge >= 0.3 is 12.1 Å². The van der Waals surface area contributed by atoms with Gasteiger partial charge in [0, 0.05) is 27.6 Å². The molecule has 19 heavy (non-hydrogen) atoms. The molecule has 110 valence electrons. The number of hydrogen-bond acceptors (Lipinski definition) is 4. The zero-order valence-corrected chi connectivity index (χ0v) is 11.8. The summed E-state index contributed by atoms with van der Waals surface area (Å²) in [6, 6.07) is 0. The summed E-state index contributed by atoms with van der Waals surface area (Å²) >= 11 is 0. The van der Waals surface area contributed by atoms with Crippen molar-refractivity contribution in [1.82, 2.24) is 10.2 Å². The molecule has 2 amide bonds. The first-order chi connectivity index (χ1) is 8.84. The average molecular weight is 274 g/mol. The van der Waals surface area contributed by atoms with E-state index in [-0.39, 0.29) is 12.3 Å². The van der Waals surface area contributed by atoms with Crippen molar-refractivity contribution in [3.63, 3.8) is 0 Å². The number of carboxylic acid groups (broad SMARTS) is 1. The fraction of sp³-hybridized carbons (Fsp3) is 0.583. The lowest BCUT2D eigenvalue weighted by atomic mass is 10.2. The van der Waals surface area contributed by atoms with Crippen LogP contribution in [0, 0.1) is 0 Å². The normalized spacial score (nSPS) is 9.26. The Hall–Kier alpha value is -2.05. The minimum absolute atomic E-state index is 0.0738.